The van der Waals surface area contributed by atoms with E-state index in [4.69, 9.17) is 10.7 Å². The summed E-state index contributed by atoms with van der Waals surface area (Å²) < 4.78 is 0. The Labute approximate surface area is 115 Å². The number of nitrogens with two attached hydrogens (primary N) is 1. The zero-order valence-electron chi connectivity index (χ0n) is 12.8. The Morgan fingerprint density at radius 3 is 2.06 bits per heavy atom. The third kappa shape index (κ3) is 3.95. The van der Waals surface area contributed by atoms with Gasteiger partial charge in [0.1, 0.15) is 0 Å². The number of nitrogens with zero attached hydrogens (tertiary/aromatic N) is 2. The Hall–Kier alpha value is -0.610. The van der Waals surface area contributed by atoms with Crippen molar-refractivity contribution in [2.75, 3.05) is 18.5 Å². The number of aromatic nitrogens is 1. The first-order chi connectivity index (χ1) is 8.04. The summed E-state index contributed by atoms with van der Waals surface area (Å²) in [4.78, 5) is 8.24. The Morgan fingerprint density at radius 2 is 1.72 bits per heavy atom. The summed E-state index contributed by atoms with van der Waals surface area (Å²) in [5, 5.41) is 1.08. The maximum Gasteiger partial charge on any atom is 0.185 e. The predicted octanol–water partition coefficient (Wildman–Crippen LogP) is 3.38. The zero-order chi connectivity index (χ0) is 14.1. The lowest BCUT2D eigenvalue weighted by molar-refractivity contribution is 0.418. The minimum Gasteiger partial charge on any atom is -0.351 e. The van der Waals surface area contributed by atoms with Gasteiger partial charge in [-0.25, -0.2) is 4.98 Å². The SMILES string of the molecule is CN(CC(C)(C)C)c1nc(C(C)(C)C)c(CN)s1. The molecule has 1 aromatic heterocycles. The molecule has 18 heavy (non-hydrogen) atoms. The molecule has 0 saturated carbocycles. The monoisotopic (exact) mass is 269 g/mol. The van der Waals surface area contributed by atoms with Crippen LogP contribution in [0, 0.1) is 5.41 Å². The summed E-state index contributed by atoms with van der Waals surface area (Å²) in [7, 11) is 2.11. The number of hydrogen-bond donors (Lipinski definition) is 1. The molecule has 0 fully saturated rings. The molecule has 0 aliphatic carbocycles. The van der Waals surface area contributed by atoms with Crippen molar-refractivity contribution in [3.05, 3.63) is 10.6 Å². The van der Waals surface area contributed by atoms with Gasteiger partial charge in [0.25, 0.3) is 0 Å². The highest BCUT2D eigenvalue weighted by molar-refractivity contribution is 7.15. The van der Waals surface area contributed by atoms with Crippen molar-refractivity contribution in [1.29, 1.82) is 0 Å². The van der Waals surface area contributed by atoms with Crippen LogP contribution in [-0.2, 0) is 12.0 Å². The second kappa shape index (κ2) is 5.17. The average molecular weight is 269 g/mol. The highest BCUT2D eigenvalue weighted by Crippen LogP contribution is 2.34. The van der Waals surface area contributed by atoms with E-state index < -0.39 is 0 Å². The number of rotatable bonds is 3. The van der Waals surface area contributed by atoms with Gasteiger partial charge in [0, 0.05) is 30.4 Å². The van der Waals surface area contributed by atoms with Crippen LogP contribution in [0.15, 0.2) is 0 Å². The van der Waals surface area contributed by atoms with Crippen molar-refractivity contribution in [3.63, 3.8) is 0 Å². The van der Waals surface area contributed by atoms with E-state index in [1.165, 1.54) is 4.88 Å². The normalized spacial score (nSPS) is 12.9. The minimum atomic E-state index is 0.0615. The molecule has 1 aromatic rings. The van der Waals surface area contributed by atoms with Crippen LogP contribution < -0.4 is 10.6 Å². The fraction of sp³-hybridized carbons (Fsp3) is 0.786. The largest absolute Gasteiger partial charge is 0.351 e. The molecular formula is C14H27N3S. The summed E-state index contributed by atoms with van der Waals surface area (Å²) in [6.45, 7) is 14.9. The molecule has 1 heterocycles. The predicted molar refractivity (Wildman–Crippen MR) is 81.4 cm³/mol. The van der Waals surface area contributed by atoms with Crippen molar-refractivity contribution in [2.24, 2.45) is 11.1 Å². The van der Waals surface area contributed by atoms with Gasteiger partial charge in [0.2, 0.25) is 0 Å². The van der Waals surface area contributed by atoms with Gasteiger partial charge in [0.15, 0.2) is 5.13 Å². The van der Waals surface area contributed by atoms with Gasteiger partial charge in [0.05, 0.1) is 5.69 Å². The second-order valence-corrected chi connectivity index (χ2v) is 8.20. The molecule has 4 heteroatoms. The van der Waals surface area contributed by atoms with Crippen molar-refractivity contribution in [2.45, 2.75) is 53.5 Å². The summed E-state index contributed by atoms with van der Waals surface area (Å²) >= 11 is 1.72. The number of thiazole rings is 1. The molecule has 3 nitrogen and oxygen atoms in total. The van der Waals surface area contributed by atoms with E-state index in [0.29, 0.717) is 6.54 Å². The van der Waals surface area contributed by atoms with E-state index in [0.717, 1.165) is 17.4 Å². The Bertz CT molecular complexity index is 396. The highest BCUT2D eigenvalue weighted by Gasteiger charge is 2.24. The van der Waals surface area contributed by atoms with Crippen LogP contribution in [0.3, 0.4) is 0 Å². The van der Waals surface area contributed by atoms with E-state index >= 15 is 0 Å². The van der Waals surface area contributed by atoms with Gasteiger partial charge in [-0.15, -0.1) is 11.3 Å². The van der Waals surface area contributed by atoms with E-state index in [-0.39, 0.29) is 10.8 Å². The first-order valence-electron chi connectivity index (χ1n) is 6.46. The van der Waals surface area contributed by atoms with E-state index in [1.54, 1.807) is 11.3 Å². The maximum atomic E-state index is 5.84. The molecule has 0 aromatic carbocycles. The van der Waals surface area contributed by atoms with E-state index in [9.17, 15) is 0 Å². The van der Waals surface area contributed by atoms with Gasteiger partial charge >= 0.3 is 0 Å². The second-order valence-electron chi connectivity index (χ2n) is 7.14. The number of anilines is 1. The lowest BCUT2D eigenvalue weighted by Gasteiger charge is -2.26. The van der Waals surface area contributed by atoms with Crippen LogP contribution >= 0.6 is 11.3 Å². The van der Waals surface area contributed by atoms with Crippen molar-refractivity contribution < 1.29 is 0 Å². The molecule has 0 saturated heterocycles. The quantitative estimate of drug-likeness (QED) is 0.914. The van der Waals surface area contributed by atoms with Gasteiger partial charge in [-0.05, 0) is 5.41 Å². The molecule has 0 bridgehead atoms. The van der Waals surface area contributed by atoms with Gasteiger partial charge < -0.3 is 10.6 Å². The molecule has 0 radical (unpaired) electrons. The molecule has 104 valence electrons. The van der Waals surface area contributed by atoms with Crippen LogP contribution in [0.25, 0.3) is 0 Å². The molecule has 0 aliphatic rings. The Kier molecular flexibility index (Phi) is 4.44. The maximum absolute atomic E-state index is 5.84. The van der Waals surface area contributed by atoms with Crippen LogP contribution in [0.5, 0.6) is 0 Å². The number of hydrogen-bond acceptors (Lipinski definition) is 4. The standard InChI is InChI=1S/C14H27N3S/c1-13(2,3)9-17(7)12-16-11(14(4,5)6)10(8-15)18-12/h8-9,15H2,1-7H3. The third-order valence-corrected chi connectivity index (χ3v) is 3.81. The minimum absolute atomic E-state index is 0.0615. The molecular weight excluding hydrogens is 242 g/mol. The lowest BCUT2D eigenvalue weighted by Crippen LogP contribution is -2.29. The van der Waals surface area contributed by atoms with E-state index in [1.807, 2.05) is 0 Å². The topological polar surface area (TPSA) is 42.2 Å². The Morgan fingerprint density at radius 1 is 1.17 bits per heavy atom. The first-order valence-corrected chi connectivity index (χ1v) is 7.27. The first kappa shape index (κ1) is 15.4. The lowest BCUT2D eigenvalue weighted by atomic mass is 9.91. The van der Waals surface area contributed by atoms with Gasteiger partial charge in [-0.1, -0.05) is 41.5 Å². The zero-order valence-corrected chi connectivity index (χ0v) is 13.6. The molecule has 1 rings (SSSR count). The molecule has 0 atom stereocenters. The van der Waals surface area contributed by atoms with Crippen LogP contribution in [0.2, 0.25) is 0 Å². The van der Waals surface area contributed by atoms with Crippen molar-refractivity contribution in [3.8, 4) is 0 Å². The fourth-order valence-electron chi connectivity index (χ4n) is 2.01. The molecule has 0 aliphatic heterocycles. The van der Waals surface area contributed by atoms with Crippen molar-refractivity contribution in [1.82, 2.24) is 4.98 Å². The highest BCUT2D eigenvalue weighted by atomic mass is 32.1. The van der Waals surface area contributed by atoms with Gasteiger partial charge in [-0.3, -0.25) is 0 Å². The van der Waals surface area contributed by atoms with Crippen molar-refractivity contribution >= 4 is 16.5 Å². The third-order valence-electron chi connectivity index (χ3n) is 2.62. The van der Waals surface area contributed by atoms with E-state index in [2.05, 4.69) is 53.5 Å². The summed E-state index contributed by atoms with van der Waals surface area (Å²) in [6.07, 6.45) is 0. The Balaban J connectivity index is 3.02. The van der Waals surface area contributed by atoms with Crippen LogP contribution in [0.1, 0.15) is 52.1 Å². The van der Waals surface area contributed by atoms with Crippen LogP contribution in [0.4, 0.5) is 5.13 Å². The smallest absolute Gasteiger partial charge is 0.185 e. The molecule has 0 unspecified atom stereocenters. The summed E-state index contributed by atoms with van der Waals surface area (Å²) in [5.41, 5.74) is 7.31. The fourth-order valence-corrected chi connectivity index (χ4v) is 3.12. The molecule has 0 amide bonds. The molecule has 0 spiro atoms. The molecule has 2 N–H and O–H groups in total. The summed E-state index contributed by atoms with van der Waals surface area (Å²) in [6, 6.07) is 0. The average Bonchev–Trinajstić information content (AvgIpc) is 2.57. The summed E-state index contributed by atoms with van der Waals surface area (Å²) in [5.74, 6) is 0. The van der Waals surface area contributed by atoms with Crippen LogP contribution in [-0.4, -0.2) is 18.6 Å². The van der Waals surface area contributed by atoms with Gasteiger partial charge in [-0.2, -0.15) is 0 Å².